The average molecular weight is 420 g/mol. The second kappa shape index (κ2) is 11.7. The quantitative estimate of drug-likeness (QED) is 0.401. The second-order valence-corrected chi connectivity index (χ2v) is 8.51. The zero-order valence-electron chi connectivity index (χ0n) is 19.0. The highest BCUT2D eigenvalue weighted by molar-refractivity contribution is 5.79. The molecule has 2 rings (SSSR count). The number of aryl methyl sites for hydroxylation is 1. The van der Waals surface area contributed by atoms with E-state index in [2.05, 4.69) is 38.5 Å². The molecule has 0 radical (unpaired) electrons. The van der Waals surface area contributed by atoms with Gasteiger partial charge >= 0.3 is 6.09 Å². The molecule has 0 aromatic carbocycles. The van der Waals surface area contributed by atoms with Gasteiger partial charge in [0.1, 0.15) is 5.60 Å². The van der Waals surface area contributed by atoms with Crippen molar-refractivity contribution in [2.24, 2.45) is 4.99 Å². The Morgan fingerprint density at radius 3 is 2.67 bits per heavy atom. The maximum atomic E-state index is 11.6. The molecule has 0 aliphatic carbocycles. The molecule has 0 unspecified atom stereocenters. The maximum Gasteiger partial charge on any atom is 0.407 e. The normalized spacial score (nSPS) is 15.8. The summed E-state index contributed by atoms with van der Waals surface area (Å²) >= 11 is 0. The minimum Gasteiger partial charge on any atom is -0.444 e. The molecule has 0 bridgehead atoms. The van der Waals surface area contributed by atoms with Crippen LogP contribution in [0.4, 0.5) is 4.79 Å². The molecular formula is C22H37N5O3. The largest absolute Gasteiger partial charge is 0.444 e. The molecule has 1 saturated heterocycles. The zero-order valence-corrected chi connectivity index (χ0v) is 19.0. The van der Waals surface area contributed by atoms with Crippen molar-refractivity contribution < 1.29 is 14.3 Å². The maximum absolute atomic E-state index is 11.6. The number of nitrogens with zero attached hydrogens (tertiary/aromatic N) is 3. The number of alkyl carbamates (subject to hydrolysis) is 1. The molecule has 168 valence electrons. The van der Waals surface area contributed by atoms with Gasteiger partial charge in [0.2, 0.25) is 0 Å². The van der Waals surface area contributed by atoms with Gasteiger partial charge in [-0.05, 0) is 58.6 Å². The SMILES string of the molecule is CN=C(NCc1ncccc1C)N1CCC(OCCCNC(=O)OC(C)(C)C)CC1. The number of aromatic nitrogens is 1. The fourth-order valence-electron chi connectivity index (χ4n) is 3.26. The molecule has 8 heteroatoms. The first kappa shape index (κ1) is 23.9. The van der Waals surface area contributed by atoms with E-state index in [1.807, 2.05) is 40.1 Å². The van der Waals surface area contributed by atoms with Crippen molar-refractivity contribution in [3.63, 3.8) is 0 Å². The van der Waals surface area contributed by atoms with E-state index in [4.69, 9.17) is 9.47 Å². The number of hydrogen-bond acceptors (Lipinski definition) is 5. The fourth-order valence-corrected chi connectivity index (χ4v) is 3.26. The second-order valence-electron chi connectivity index (χ2n) is 8.51. The number of hydrogen-bond donors (Lipinski definition) is 2. The summed E-state index contributed by atoms with van der Waals surface area (Å²) in [7, 11) is 1.81. The smallest absolute Gasteiger partial charge is 0.407 e. The molecule has 0 atom stereocenters. The summed E-state index contributed by atoms with van der Waals surface area (Å²) in [6.45, 7) is 11.3. The van der Waals surface area contributed by atoms with Crippen molar-refractivity contribution in [3.05, 3.63) is 29.6 Å². The minimum atomic E-state index is -0.472. The Hall–Kier alpha value is -2.35. The lowest BCUT2D eigenvalue weighted by molar-refractivity contribution is 0.0170. The third-order valence-electron chi connectivity index (χ3n) is 4.83. The zero-order chi connectivity index (χ0) is 22.0. The summed E-state index contributed by atoms with van der Waals surface area (Å²) in [5, 5.41) is 6.18. The lowest BCUT2D eigenvalue weighted by atomic mass is 10.1. The first-order chi connectivity index (χ1) is 14.3. The summed E-state index contributed by atoms with van der Waals surface area (Å²) in [6.07, 6.45) is 4.38. The lowest BCUT2D eigenvalue weighted by Gasteiger charge is -2.34. The average Bonchev–Trinajstić information content (AvgIpc) is 2.69. The Morgan fingerprint density at radius 2 is 2.03 bits per heavy atom. The lowest BCUT2D eigenvalue weighted by Crippen LogP contribution is -2.47. The van der Waals surface area contributed by atoms with Crippen LogP contribution in [0.2, 0.25) is 0 Å². The number of guanidine groups is 1. The van der Waals surface area contributed by atoms with E-state index in [1.54, 1.807) is 0 Å². The number of amides is 1. The highest BCUT2D eigenvalue weighted by atomic mass is 16.6. The highest BCUT2D eigenvalue weighted by Gasteiger charge is 2.22. The van der Waals surface area contributed by atoms with Gasteiger partial charge in [0.25, 0.3) is 0 Å². The topological polar surface area (TPSA) is 88.1 Å². The fraction of sp³-hybridized carbons (Fsp3) is 0.682. The van der Waals surface area contributed by atoms with Crippen LogP contribution < -0.4 is 10.6 Å². The van der Waals surface area contributed by atoms with Gasteiger partial charge in [-0.1, -0.05) is 6.07 Å². The van der Waals surface area contributed by atoms with Crippen LogP contribution in [-0.4, -0.2) is 66.9 Å². The molecule has 0 saturated carbocycles. The van der Waals surface area contributed by atoms with Crippen LogP contribution in [0.3, 0.4) is 0 Å². The van der Waals surface area contributed by atoms with Crippen LogP contribution in [0.1, 0.15) is 51.3 Å². The third-order valence-corrected chi connectivity index (χ3v) is 4.83. The van der Waals surface area contributed by atoms with Gasteiger partial charge in [0, 0.05) is 39.5 Å². The van der Waals surface area contributed by atoms with Gasteiger partial charge < -0.3 is 25.0 Å². The van der Waals surface area contributed by atoms with Crippen LogP contribution in [0.25, 0.3) is 0 Å². The van der Waals surface area contributed by atoms with Crippen molar-refractivity contribution in [3.8, 4) is 0 Å². The monoisotopic (exact) mass is 419 g/mol. The predicted octanol–water partition coefficient (Wildman–Crippen LogP) is 2.86. The number of rotatable bonds is 7. The van der Waals surface area contributed by atoms with E-state index in [-0.39, 0.29) is 12.2 Å². The number of likely N-dealkylation sites (tertiary alicyclic amines) is 1. The molecule has 2 heterocycles. The van der Waals surface area contributed by atoms with Crippen molar-refractivity contribution >= 4 is 12.1 Å². The summed E-state index contributed by atoms with van der Waals surface area (Å²) in [5.41, 5.74) is 1.74. The number of aliphatic imine (C=N–C) groups is 1. The number of ether oxygens (including phenoxy) is 2. The third kappa shape index (κ3) is 8.57. The van der Waals surface area contributed by atoms with Crippen molar-refractivity contribution in [1.82, 2.24) is 20.5 Å². The van der Waals surface area contributed by atoms with E-state index in [9.17, 15) is 4.79 Å². The van der Waals surface area contributed by atoms with Crippen molar-refractivity contribution in [2.75, 3.05) is 33.3 Å². The van der Waals surface area contributed by atoms with E-state index in [0.29, 0.717) is 19.7 Å². The van der Waals surface area contributed by atoms with Gasteiger partial charge in [-0.2, -0.15) is 0 Å². The standard InChI is InChI=1S/C22H37N5O3/c1-17-8-6-11-24-19(17)16-26-20(23-5)27-13-9-18(10-14-27)29-15-7-12-25-21(28)30-22(2,3)4/h6,8,11,18H,7,9-10,12-16H2,1-5H3,(H,23,26)(H,25,28). The Kier molecular flexibility index (Phi) is 9.36. The molecule has 1 aliphatic heterocycles. The first-order valence-electron chi connectivity index (χ1n) is 10.7. The Balaban J connectivity index is 1.62. The molecule has 1 amide bonds. The summed E-state index contributed by atoms with van der Waals surface area (Å²) in [4.78, 5) is 22.7. The van der Waals surface area contributed by atoms with E-state index in [0.717, 1.165) is 44.0 Å². The molecule has 1 aliphatic rings. The summed E-state index contributed by atoms with van der Waals surface area (Å²) in [5.74, 6) is 0.903. The molecule has 1 aromatic heterocycles. The van der Waals surface area contributed by atoms with E-state index in [1.165, 1.54) is 5.56 Å². The molecule has 8 nitrogen and oxygen atoms in total. The number of piperidine rings is 1. The number of carbonyl (C=O) groups excluding carboxylic acids is 1. The van der Waals surface area contributed by atoms with Crippen LogP contribution in [0, 0.1) is 6.92 Å². The van der Waals surface area contributed by atoms with Crippen molar-refractivity contribution in [1.29, 1.82) is 0 Å². The predicted molar refractivity (Wildman–Crippen MR) is 119 cm³/mol. The van der Waals surface area contributed by atoms with Crippen molar-refractivity contribution in [2.45, 2.75) is 65.2 Å². The molecule has 2 N–H and O–H groups in total. The van der Waals surface area contributed by atoms with Gasteiger partial charge in [-0.3, -0.25) is 9.98 Å². The Labute approximate surface area is 180 Å². The molecule has 0 spiro atoms. The highest BCUT2D eigenvalue weighted by Crippen LogP contribution is 2.14. The van der Waals surface area contributed by atoms with Gasteiger partial charge in [-0.15, -0.1) is 0 Å². The van der Waals surface area contributed by atoms with Crippen LogP contribution in [-0.2, 0) is 16.0 Å². The van der Waals surface area contributed by atoms with Gasteiger partial charge in [0.05, 0.1) is 18.3 Å². The molecular weight excluding hydrogens is 382 g/mol. The minimum absolute atomic E-state index is 0.249. The Morgan fingerprint density at radius 1 is 1.30 bits per heavy atom. The number of pyridine rings is 1. The summed E-state index contributed by atoms with van der Waals surface area (Å²) < 4.78 is 11.2. The van der Waals surface area contributed by atoms with Crippen LogP contribution >= 0.6 is 0 Å². The van der Waals surface area contributed by atoms with Crippen LogP contribution in [0.15, 0.2) is 23.3 Å². The number of carbonyl (C=O) groups is 1. The Bertz CT molecular complexity index is 694. The molecule has 1 aromatic rings. The summed E-state index contributed by atoms with van der Waals surface area (Å²) in [6, 6.07) is 4.02. The van der Waals surface area contributed by atoms with Gasteiger partial charge in [0.15, 0.2) is 5.96 Å². The first-order valence-corrected chi connectivity index (χ1v) is 10.7. The van der Waals surface area contributed by atoms with Gasteiger partial charge in [-0.25, -0.2) is 4.79 Å². The number of nitrogens with one attached hydrogen (secondary N) is 2. The molecule has 30 heavy (non-hydrogen) atoms. The van der Waals surface area contributed by atoms with Crippen LogP contribution in [0.5, 0.6) is 0 Å². The molecule has 1 fully saturated rings. The van der Waals surface area contributed by atoms with E-state index >= 15 is 0 Å². The van der Waals surface area contributed by atoms with E-state index < -0.39 is 5.60 Å².